The quantitative estimate of drug-likeness (QED) is 0.365. The summed E-state index contributed by atoms with van der Waals surface area (Å²) in [6.45, 7) is 13.1. The van der Waals surface area contributed by atoms with E-state index in [4.69, 9.17) is 4.74 Å². The molecule has 2 aromatic carbocycles. The molecule has 10 nitrogen and oxygen atoms in total. The largest absolute Gasteiger partial charge is 0.444 e. The van der Waals surface area contributed by atoms with E-state index in [1.165, 1.54) is 5.56 Å². The Balaban J connectivity index is 1.22. The molecule has 11 heteroatoms. The van der Waals surface area contributed by atoms with Gasteiger partial charge in [0.15, 0.2) is 0 Å². The molecule has 1 saturated heterocycles. The topological polar surface area (TPSA) is 113 Å². The number of aryl methyl sites for hydroxylation is 1. The molecule has 1 fully saturated rings. The van der Waals surface area contributed by atoms with Crippen molar-refractivity contribution in [3.8, 4) is 0 Å². The molecule has 2 amide bonds. The summed E-state index contributed by atoms with van der Waals surface area (Å²) >= 11 is 0. The first-order valence-electron chi connectivity index (χ1n) is 15.0. The highest BCUT2D eigenvalue weighted by atomic mass is 32.2. The highest BCUT2D eigenvalue weighted by Gasteiger charge is 2.27. The summed E-state index contributed by atoms with van der Waals surface area (Å²) in [4.78, 5) is 27.8. The van der Waals surface area contributed by atoms with Crippen LogP contribution in [-0.2, 0) is 32.6 Å². The molecule has 2 aliphatic rings. The molecule has 43 heavy (non-hydrogen) atoms. The number of hydrogen-bond acceptors (Lipinski definition) is 6. The van der Waals surface area contributed by atoms with Gasteiger partial charge in [0.1, 0.15) is 11.6 Å². The number of amides is 2. The minimum atomic E-state index is -3.55. The maximum absolute atomic E-state index is 13.4. The van der Waals surface area contributed by atoms with Gasteiger partial charge in [-0.3, -0.25) is 9.69 Å². The van der Waals surface area contributed by atoms with Gasteiger partial charge in [-0.2, -0.15) is 4.31 Å². The zero-order chi connectivity index (χ0) is 30.9. The molecule has 3 aromatic rings. The molecule has 0 aliphatic carbocycles. The Morgan fingerprint density at radius 3 is 2.44 bits per heavy atom. The molecule has 1 unspecified atom stereocenters. The zero-order valence-corrected chi connectivity index (χ0v) is 26.6. The van der Waals surface area contributed by atoms with E-state index in [-0.39, 0.29) is 5.91 Å². The first kappa shape index (κ1) is 31.0. The Kier molecular flexibility index (Phi) is 8.87. The molecule has 0 radical (unpaired) electrons. The Hall–Kier alpha value is -3.41. The summed E-state index contributed by atoms with van der Waals surface area (Å²) in [5.41, 5.74) is 4.29. The van der Waals surface area contributed by atoms with Gasteiger partial charge in [-0.25, -0.2) is 13.2 Å². The van der Waals surface area contributed by atoms with Gasteiger partial charge in [-0.1, -0.05) is 12.5 Å². The minimum Gasteiger partial charge on any atom is -0.444 e. The van der Waals surface area contributed by atoms with Crippen molar-refractivity contribution >= 4 is 38.6 Å². The van der Waals surface area contributed by atoms with Crippen molar-refractivity contribution in [2.75, 3.05) is 31.5 Å². The van der Waals surface area contributed by atoms with Crippen LogP contribution in [0.25, 0.3) is 10.9 Å². The van der Waals surface area contributed by atoms with Gasteiger partial charge >= 0.3 is 6.09 Å². The summed E-state index contributed by atoms with van der Waals surface area (Å²) in [6, 6.07) is 10.7. The summed E-state index contributed by atoms with van der Waals surface area (Å²) in [6.07, 6.45) is 4.33. The van der Waals surface area contributed by atoms with Gasteiger partial charge in [-0.15, -0.1) is 0 Å². The van der Waals surface area contributed by atoms with Crippen molar-refractivity contribution < 1.29 is 22.7 Å². The summed E-state index contributed by atoms with van der Waals surface area (Å²) in [5.74, 6) is -0.154. The lowest BCUT2D eigenvalue weighted by Gasteiger charge is -2.26. The number of hydrogen-bond donors (Lipinski definition) is 2. The first-order valence-corrected chi connectivity index (χ1v) is 16.5. The standard InChI is InChI=1S/C32H43N5O5S/c1-22-19-37(29-12-11-27(18-28(22)29)43(40,41)36-14-7-6-8-15-36)23(2)30(38)34-26-10-9-24-20-35(21-25(24)17-26)16-13-33-31(39)42-32(3,4)5/h9-12,17-19,23H,6-8,13-16,20-21H2,1-5H3,(H,33,39)(H,34,38). The van der Waals surface area contributed by atoms with Crippen LogP contribution in [0.15, 0.2) is 47.5 Å². The van der Waals surface area contributed by atoms with Gasteiger partial charge in [0.05, 0.1) is 4.90 Å². The van der Waals surface area contributed by atoms with Crippen LogP contribution in [0.4, 0.5) is 10.5 Å². The van der Waals surface area contributed by atoms with Gasteiger partial charge in [0.25, 0.3) is 0 Å². The molecular weight excluding hydrogens is 566 g/mol. The fourth-order valence-corrected chi connectivity index (χ4v) is 7.39. The average molecular weight is 610 g/mol. The van der Waals surface area contributed by atoms with Gasteiger partial charge in [-0.05, 0) is 94.5 Å². The number of alkyl carbamates (subject to hydrolysis) is 1. The van der Waals surface area contributed by atoms with E-state index in [1.54, 1.807) is 16.4 Å². The Bertz CT molecular complexity index is 1620. The number of rotatable bonds is 8. The summed E-state index contributed by atoms with van der Waals surface area (Å²) in [7, 11) is -3.55. The van der Waals surface area contributed by atoms with E-state index in [2.05, 4.69) is 15.5 Å². The van der Waals surface area contributed by atoms with Crippen molar-refractivity contribution in [3.63, 3.8) is 0 Å². The van der Waals surface area contributed by atoms with Gasteiger partial charge in [0.2, 0.25) is 15.9 Å². The first-order chi connectivity index (χ1) is 20.3. The average Bonchev–Trinajstić information content (AvgIpc) is 3.51. The van der Waals surface area contributed by atoms with Crippen LogP contribution in [0.1, 0.15) is 69.7 Å². The van der Waals surface area contributed by atoms with Crippen LogP contribution < -0.4 is 10.6 Å². The molecule has 0 spiro atoms. The predicted octanol–water partition coefficient (Wildman–Crippen LogP) is 5.16. The maximum atomic E-state index is 13.4. The van der Waals surface area contributed by atoms with Crippen LogP contribution >= 0.6 is 0 Å². The summed E-state index contributed by atoms with van der Waals surface area (Å²) in [5, 5.41) is 6.70. The number of fused-ring (bicyclic) bond motifs is 2. The third-order valence-corrected chi connectivity index (χ3v) is 10.0. The van der Waals surface area contributed by atoms with Crippen LogP contribution in [0.5, 0.6) is 0 Å². The number of ether oxygens (including phenoxy) is 1. The fraction of sp³-hybridized carbons (Fsp3) is 0.500. The van der Waals surface area contributed by atoms with Crippen LogP contribution in [0.2, 0.25) is 0 Å². The lowest BCUT2D eigenvalue weighted by Crippen LogP contribution is -2.36. The third kappa shape index (κ3) is 7.05. The highest BCUT2D eigenvalue weighted by Crippen LogP contribution is 2.30. The minimum absolute atomic E-state index is 0.154. The number of carbonyl (C=O) groups is 2. The number of nitrogens with zero attached hydrogens (tertiary/aromatic N) is 3. The van der Waals surface area contributed by atoms with Gasteiger partial charge < -0.3 is 19.9 Å². The molecule has 3 heterocycles. The van der Waals surface area contributed by atoms with Crippen molar-refractivity contribution in [3.05, 3.63) is 59.3 Å². The number of aromatic nitrogens is 1. The SMILES string of the molecule is Cc1cn(C(C)C(=O)Nc2ccc3c(c2)CN(CCNC(=O)OC(C)(C)C)C3)c2ccc(S(=O)(=O)N3CCCCC3)cc12. The van der Waals surface area contributed by atoms with Gasteiger partial charge in [0, 0.05) is 62.1 Å². The Labute approximate surface area is 254 Å². The molecule has 0 bridgehead atoms. The number of benzene rings is 2. The molecule has 0 saturated carbocycles. The second-order valence-corrected chi connectivity index (χ2v) is 14.6. The van der Waals surface area contributed by atoms with Crippen LogP contribution in [-0.4, -0.2) is 66.0 Å². The van der Waals surface area contributed by atoms with E-state index in [0.717, 1.165) is 60.1 Å². The highest BCUT2D eigenvalue weighted by molar-refractivity contribution is 7.89. The number of sulfonamides is 1. The predicted molar refractivity (Wildman–Crippen MR) is 167 cm³/mol. The maximum Gasteiger partial charge on any atom is 0.407 e. The molecule has 2 N–H and O–H groups in total. The van der Waals surface area contributed by atoms with Crippen LogP contribution in [0, 0.1) is 6.92 Å². The third-order valence-electron chi connectivity index (χ3n) is 8.11. The number of piperidine rings is 1. The number of nitrogens with one attached hydrogen (secondary N) is 2. The monoisotopic (exact) mass is 609 g/mol. The van der Waals surface area contributed by atoms with E-state index in [1.807, 2.05) is 69.6 Å². The van der Waals surface area contributed by atoms with E-state index in [0.29, 0.717) is 31.1 Å². The second kappa shape index (κ2) is 12.3. The normalized spacial score (nSPS) is 17.0. The molecule has 5 rings (SSSR count). The smallest absolute Gasteiger partial charge is 0.407 e. The van der Waals surface area contributed by atoms with Crippen LogP contribution in [0.3, 0.4) is 0 Å². The van der Waals surface area contributed by atoms with E-state index >= 15 is 0 Å². The lowest BCUT2D eigenvalue weighted by atomic mass is 10.1. The zero-order valence-electron chi connectivity index (χ0n) is 25.8. The van der Waals surface area contributed by atoms with Crippen molar-refractivity contribution in [1.82, 2.24) is 19.1 Å². The Morgan fingerprint density at radius 2 is 1.72 bits per heavy atom. The number of carbonyl (C=O) groups excluding carboxylic acids is 2. The molecule has 1 aromatic heterocycles. The van der Waals surface area contributed by atoms with E-state index < -0.39 is 27.8 Å². The number of anilines is 1. The van der Waals surface area contributed by atoms with E-state index in [9.17, 15) is 18.0 Å². The molecule has 1 atom stereocenters. The molecular formula is C32H43N5O5S. The molecule has 232 valence electrons. The van der Waals surface area contributed by atoms with Crippen molar-refractivity contribution in [2.24, 2.45) is 0 Å². The second-order valence-electron chi connectivity index (χ2n) is 12.7. The van der Waals surface area contributed by atoms with Crippen molar-refractivity contribution in [2.45, 2.75) is 83.5 Å². The fourth-order valence-electron chi connectivity index (χ4n) is 5.84. The lowest BCUT2D eigenvalue weighted by molar-refractivity contribution is -0.118. The Morgan fingerprint density at radius 1 is 1.00 bits per heavy atom. The van der Waals surface area contributed by atoms with Crippen molar-refractivity contribution in [1.29, 1.82) is 0 Å². The molecule has 2 aliphatic heterocycles. The summed E-state index contributed by atoms with van der Waals surface area (Å²) < 4.78 is 35.3.